The first-order valence-corrected chi connectivity index (χ1v) is 7.53. The predicted molar refractivity (Wildman–Crippen MR) is 74.2 cm³/mol. The van der Waals surface area contributed by atoms with E-state index in [1.165, 1.54) is 4.88 Å². The molecule has 0 aliphatic heterocycles. The summed E-state index contributed by atoms with van der Waals surface area (Å²) in [5.74, 6) is -0.864. The molecule has 0 unspecified atom stereocenters. The van der Waals surface area contributed by atoms with Crippen LogP contribution in [0.5, 0.6) is 0 Å². The number of amides is 1. The van der Waals surface area contributed by atoms with E-state index < -0.39 is 11.5 Å². The first-order valence-electron chi connectivity index (χ1n) is 6.65. The van der Waals surface area contributed by atoms with Crippen molar-refractivity contribution in [1.29, 1.82) is 0 Å². The minimum Gasteiger partial charge on any atom is -0.481 e. The number of hydrogen-bond donors (Lipinski definition) is 2. The van der Waals surface area contributed by atoms with Gasteiger partial charge in [-0.1, -0.05) is 18.9 Å². The first-order chi connectivity index (χ1) is 9.10. The molecular formula is C14H19NO3S. The normalized spacial score (nSPS) is 17.3. The Balaban J connectivity index is 1.86. The van der Waals surface area contributed by atoms with E-state index in [2.05, 4.69) is 5.32 Å². The van der Waals surface area contributed by atoms with Gasteiger partial charge in [0.25, 0.3) is 0 Å². The molecule has 19 heavy (non-hydrogen) atoms. The van der Waals surface area contributed by atoms with Gasteiger partial charge in [0.15, 0.2) is 0 Å². The quantitative estimate of drug-likeness (QED) is 0.842. The number of rotatable bonds is 6. The van der Waals surface area contributed by atoms with Gasteiger partial charge < -0.3 is 10.4 Å². The van der Waals surface area contributed by atoms with Crippen molar-refractivity contribution in [3.05, 3.63) is 22.4 Å². The number of carboxylic acid groups (broad SMARTS) is 1. The van der Waals surface area contributed by atoms with Crippen LogP contribution in [-0.2, 0) is 16.0 Å². The molecule has 0 radical (unpaired) electrons. The van der Waals surface area contributed by atoms with Crippen LogP contribution in [0.2, 0.25) is 0 Å². The van der Waals surface area contributed by atoms with E-state index in [0.29, 0.717) is 6.42 Å². The van der Waals surface area contributed by atoms with Gasteiger partial charge in [0.1, 0.15) is 0 Å². The predicted octanol–water partition coefficient (Wildman–Crippen LogP) is 2.58. The number of nitrogens with one attached hydrogen (secondary N) is 1. The third-order valence-corrected chi connectivity index (χ3v) is 4.57. The largest absolute Gasteiger partial charge is 0.481 e. The fraction of sp³-hybridized carbons (Fsp3) is 0.571. The molecule has 1 aromatic rings. The maximum atomic E-state index is 12.0. The Kier molecular flexibility index (Phi) is 4.58. The van der Waals surface area contributed by atoms with Crippen LogP contribution in [0.1, 0.15) is 43.4 Å². The van der Waals surface area contributed by atoms with E-state index in [1.54, 1.807) is 11.3 Å². The molecule has 4 nitrogen and oxygen atoms in total. The van der Waals surface area contributed by atoms with E-state index in [9.17, 15) is 9.59 Å². The van der Waals surface area contributed by atoms with Gasteiger partial charge in [-0.3, -0.25) is 9.59 Å². The molecule has 1 saturated carbocycles. The summed E-state index contributed by atoms with van der Waals surface area (Å²) in [4.78, 5) is 24.1. The summed E-state index contributed by atoms with van der Waals surface area (Å²) in [6, 6.07) is 3.99. The minimum absolute atomic E-state index is 0.0310. The smallest absolute Gasteiger partial charge is 0.305 e. The molecule has 0 bridgehead atoms. The van der Waals surface area contributed by atoms with Crippen LogP contribution in [0, 0.1) is 0 Å². The van der Waals surface area contributed by atoms with Gasteiger partial charge in [-0.2, -0.15) is 0 Å². The van der Waals surface area contributed by atoms with Crippen molar-refractivity contribution in [3.8, 4) is 0 Å². The number of carbonyl (C=O) groups is 2. The third-order valence-electron chi connectivity index (χ3n) is 3.63. The highest BCUT2D eigenvalue weighted by molar-refractivity contribution is 7.09. The van der Waals surface area contributed by atoms with Crippen molar-refractivity contribution in [3.63, 3.8) is 0 Å². The summed E-state index contributed by atoms with van der Waals surface area (Å²) >= 11 is 1.64. The molecule has 0 aromatic carbocycles. The zero-order valence-corrected chi connectivity index (χ0v) is 11.7. The van der Waals surface area contributed by atoms with Crippen molar-refractivity contribution >= 4 is 23.2 Å². The van der Waals surface area contributed by atoms with E-state index in [1.807, 2.05) is 17.5 Å². The highest BCUT2D eigenvalue weighted by Crippen LogP contribution is 2.32. The van der Waals surface area contributed by atoms with Crippen LogP contribution in [0.25, 0.3) is 0 Å². The molecule has 104 valence electrons. The van der Waals surface area contributed by atoms with Crippen LogP contribution in [-0.4, -0.2) is 22.5 Å². The van der Waals surface area contributed by atoms with Gasteiger partial charge in [-0.05, 0) is 30.7 Å². The van der Waals surface area contributed by atoms with Gasteiger partial charge in [-0.25, -0.2) is 0 Å². The molecule has 1 heterocycles. The molecule has 2 rings (SSSR count). The van der Waals surface area contributed by atoms with Crippen LogP contribution < -0.4 is 5.32 Å². The fourth-order valence-corrected chi connectivity index (χ4v) is 3.45. The van der Waals surface area contributed by atoms with Gasteiger partial charge >= 0.3 is 5.97 Å². The first kappa shape index (κ1) is 14.1. The summed E-state index contributed by atoms with van der Waals surface area (Å²) in [5.41, 5.74) is -0.502. The Morgan fingerprint density at radius 2 is 2.11 bits per heavy atom. The van der Waals surface area contributed by atoms with Crippen molar-refractivity contribution in [2.24, 2.45) is 0 Å². The topological polar surface area (TPSA) is 66.4 Å². The number of carboxylic acids is 1. The van der Waals surface area contributed by atoms with Gasteiger partial charge in [0, 0.05) is 11.3 Å². The monoisotopic (exact) mass is 281 g/mol. The van der Waals surface area contributed by atoms with E-state index in [-0.39, 0.29) is 12.3 Å². The number of carbonyl (C=O) groups excluding carboxylic acids is 1. The standard InChI is InChI=1S/C14H19NO3S/c16-12(6-5-11-4-3-9-19-11)15-14(10-13(17)18)7-1-2-8-14/h3-4,9H,1-2,5-8,10H2,(H,15,16)(H,17,18). The molecule has 0 spiro atoms. The van der Waals surface area contributed by atoms with Crippen molar-refractivity contribution in [1.82, 2.24) is 5.32 Å². The zero-order valence-electron chi connectivity index (χ0n) is 10.9. The highest BCUT2D eigenvalue weighted by Gasteiger charge is 2.37. The lowest BCUT2D eigenvalue weighted by molar-refractivity contribution is -0.139. The summed E-state index contributed by atoms with van der Waals surface area (Å²) < 4.78 is 0. The molecule has 0 saturated heterocycles. The summed E-state index contributed by atoms with van der Waals surface area (Å²) in [6.45, 7) is 0. The van der Waals surface area contributed by atoms with Gasteiger partial charge in [0.05, 0.1) is 12.0 Å². The molecule has 0 atom stereocenters. The highest BCUT2D eigenvalue weighted by atomic mass is 32.1. The molecule has 5 heteroatoms. The van der Waals surface area contributed by atoms with E-state index in [4.69, 9.17) is 5.11 Å². The second-order valence-electron chi connectivity index (χ2n) is 5.19. The third kappa shape index (κ3) is 4.06. The second-order valence-corrected chi connectivity index (χ2v) is 6.22. The molecule has 1 amide bonds. The van der Waals surface area contributed by atoms with Crippen molar-refractivity contribution in [2.75, 3.05) is 0 Å². The molecule has 2 N–H and O–H groups in total. The van der Waals surface area contributed by atoms with Crippen LogP contribution in [0.15, 0.2) is 17.5 Å². The van der Waals surface area contributed by atoms with Crippen LogP contribution in [0.4, 0.5) is 0 Å². The zero-order chi connectivity index (χ0) is 13.7. The molecule has 1 aliphatic rings. The molecule has 1 fully saturated rings. The fourth-order valence-electron chi connectivity index (χ4n) is 2.74. The number of thiophene rings is 1. The lowest BCUT2D eigenvalue weighted by atomic mass is 9.93. The Hall–Kier alpha value is -1.36. The molecule has 1 aromatic heterocycles. The molecule has 1 aliphatic carbocycles. The average Bonchev–Trinajstić information content (AvgIpc) is 2.97. The SMILES string of the molecule is O=C(O)CC1(NC(=O)CCc2cccs2)CCCC1. The lowest BCUT2D eigenvalue weighted by Gasteiger charge is -2.28. The maximum Gasteiger partial charge on any atom is 0.305 e. The minimum atomic E-state index is -0.833. The summed E-state index contributed by atoms with van der Waals surface area (Å²) in [5, 5.41) is 13.9. The van der Waals surface area contributed by atoms with Crippen molar-refractivity contribution < 1.29 is 14.7 Å². The maximum absolute atomic E-state index is 12.0. The summed E-state index contributed by atoms with van der Waals surface area (Å²) in [6.07, 6.45) is 4.76. The van der Waals surface area contributed by atoms with Gasteiger partial charge in [0.2, 0.25) is 5.91 Å². The Morgan fingerprint density at radius 1 is 1.37 bits per heavy atom. The van der Waals surface area contributed by atoms with E-state index in [0.717, 1.165) is 32.1 Å². The Bertz CT molecular complexity index is 436. The second kappa shape index (κ2) is 6.19. The number of hydrogen-bond acceptors (Lipinski definition) is 3. The summed E-state index contributed by atoms with van der Waals surface area (Å²) in [7, 11) is 0. The lowest BCUT2D eigenvalue weighted by Crippen LogP contribution is -2.47. The van der Waals surface area contributed by atoms with E-state index >= 15 is 0 Å². The average molecular weight is 281 g/mol. The van der Waals surface area contributed by atoms with Crippen LogP contribution >= 0.6 is 11.3 Å². The van der Waals surface area contributed by atoms with Gasteiger partial charge in [-0.15, -0.1) is 11.3 Å². The Morgan fingerprint density at radius 3 is 2.68 bits per heavy atom. The number of aryl methyl sites for hydroxylation is 1. The number of aliphatic carboxylic acids is 1. The molecular weight excluding hydrogens is 262 g/mol. The van der Waals surface area contributed by atoms with Crippen LogP contribution in [0.3, 0.4) is 0 Å². The van der Waals surface area contributed by atoms with Crippen molar-refractivity contribution in [2.45, 2.75) is 50.5 Å². The Labute approximate surface area is 116 Å².